The van der Waals surface area contributed by atoms with Crippen molar-refractivity contribution >= 4 is 29.8 Å². The van der Waals surface area contributed by atoms with Gasteiger partial charge in [-0.1, -0.05) is 12.1 Å². The van der Waals surface area contributed by atoms with E-state index in [1.807, 2.05) is 0 Å². The SMILES string of the molecule is CC(=O)c1cccc(NC(=O)C2CCNC2)c1.Cl. The molecule has 4 nitrogen and oxygen atoms in total. The molecular weight excluding hydrogens is 252 g/mol. The van der Waals surface area contributed by atoms with Crippen molar-refractivity contribution in [3.8, 4) is 0 Å². The van der Waals surface area contributed by atoms with Gasteiger partial charge in [-0.2, -0.15) is 0 Å². The van der Waals surface area contributed by atoms with Crippen LogP contribution in [0.15, 0.2) is 24.3 Å². The lowest BCUT2D eigenvalue weighted by molar-refractivity contribution is -0.119. The quantitative estimate of drug-likeness (QED) is 0.823. The van der Waals surface area contributed by atoms with Crippen LogP contribution in [0.5, 0.6) is 0 Å². The van der Waals surface area contributed by atoms with Crippen LogP contribution in [0.2, 0.25) is 0 Å². The monoisotopic (exact) mass is 268 g/mol. The smallest absolute Gasteiger partial charge is 0.228 e. The maximum absolute atomic E-state index is 11.9. The van der Waals surface area contributed by atoms with E-state index in [0.29, 0.717) is 11.3 Å². The van der Waals surface area contributed by atoms with Gasteiger partial charge in [-0.25, -0.2) is 0 Å². The van der Waals surface area contributed by atoms with Crippen molar-refractivity contribution in [1.82, 2.24) is 5.32 Å². The summed E-state index contributed by atoms with van der Waals surface area (Å²) in [5.74, 6) is 0.0651. The summed E-state index contributed by atoms with van der Waals surface area (Å²) in [6.07, 6.45) is 0.873. The van der Waals surface area contributed by atoms with Crippen LogP contribution in [0.1, 0.15) is 23.7 Å². The van der Waals surface area contributed by atoms with E-state index in [1.54, 1.807) is 24.3 Å². The summed E-state index contributed by atoms with van der Waals surface area (Å²) in [6, 6.07) is 7.03. The molecule has 98 valence electrons. The molecule has 2 N–H and O–H groups in total. The number of hydrogen-bond acceptors (Lipinski definition) is 3. The van der Waals surface area contributed by atoms with E-state index in [9.17, 15) is 9.59 Å². The van der Waals surface area contributed by atoms with Crippen LogP contribution >= 0.6 is 12.4 Å². The summed E-state index contributed by atoms with van der Waals surface area (Å²) >= 11 is 0. The highest BCUT2D eigenvalue weighted by atomic mass is 35.5. The Morgan fingerprint density at radius 2 is 2.17 bits per heavy atom. The molecule has 1 atom stereocenters. The minimum Gasteiger partial charge on any atom is -0.326 e. The topological polar surface area (TPSA) is 58.2 Å². The third-order valence-corrected chi connectivity index (χ3v) is 2.97. The number of hydrogen-bond donors (Lipinski definition) is 2. The first kappa shape index (κ1) is 14.7. The maximum atomic E-state index is 11.9. The number of nitrogens with one attached hydrogen (secondary N) is 2. The molecule has 0 saturated carbocycles. The molecule has 1 aliphatic rings. The Kier molecular flexibility index (Phi) is 5.31. The summed E-state index contributed by atoms with van der Waals surface area (Å²) in [5.41, 5.74) is 1.31. The molecule has 1 fully saturated rings. The predicted octanol–water partition coefficient (Wildman–Crippen LogP) is 1.86. The van der Waals surface area contributed by atoms with E-state index in [4.69, 9.17) is 0 Å². The summed E-state index contributed by atoms with van der Waals surface area (Å²) in [6.45, 7) is 3.14. The first-order valence-electron chi connectivity index (χ1n) is 5.79. The van der Waals surface area contributed by atoms with Gasteiger partial charge in [0.05, 0.1) is 5.92 Å². The lowest BCUT2D eigenvalue weighted by Gasteiger charge is -2.10. The van der Waals surface area contributed by atoms with Gasteiger partial charge in [0.2, 0.25) is 5.91 Å². The molecule has 1 saturated heterocycles. The Labute approximate surface area is 113 Å². The van der Waals surface area contributed by atoms with Gasteiger partial charge in [-0.3, -0.25) is 9.59 Å². The van der Waals surface area contributed by atoms with Gasteiger partial charge in [0.1, 0.15) is 0 Å². The molecule has 1 heterocycles. The second-order valence-corrected chi connectivity index (χ2v) is 4.32. The van der Waals surface area contributed by atoms with E-state index in [-0.39, 0.29) is 30.0 Å². The summed E-state index contributed by atoms with van der Waals surface area (Å²) in [5, 5.41) is 6.00. The maximum Gasteiger partial charge on any atom is 0.228 e. The molecule has 0 spiro atoms. The van der Waals surface area contributed by atoms with Crippen LogP contribution in [-0.4, -0.2) is 24.8 Å². The van der Waals surface area contributed by atoms with E-state index in [2.05, 4.69) is 10.6 Å². The normalized spacial score (nSPS) is 17.9. The zero-order valence-corrected chi connectivity index (χ0v) is 11.0. The number of carbonyl (C=O) groups excluding carboxylic acids is 2. The summed E-state index contributed by atoms with van der Waals surface area (Å²) in [4.78, 5) is 23.1. The number of benzene rings is 1. The fourth-order valence-corrected chi connectivity index (χ4v) is 1.94. The molecule has 5 heteroatoms. The molecule has 1 unspecified atom stereocenters. The number of amides is 1. The fraction of sp³-hybridized carbons (Fsp3) is 0.385. The molecular formula is C13H17ClN2O2. The van der Waals surface area contributed by atoms with Crippen molar-refractivity contribution in [1.29, 1.82) is 0 Å². The van der Waals surface area contributed by atoms with Crippen LogP contribution in [0.25, 0.3) is 0 Å². The number of halogens is 1. The van der Waals surface area contributed by atoms with Crippen molar-refractivity contribution in [3.05, 3.63) is 29.8 Å². The largest absolute Gasteiger partial charge is 0.326 e. The zero-order chi connectivity index (χ0) is 12.3. The summed E-state index contributed by atoms with van der Waals surface area (Å²) in [7, 11) is 0. The molecule has 1 aromatic rings. The van der Waals surface area contributed by atoms with Crippen LogP contribution < -0.4 is 10.6 Å². The molecule has 18 heavy (non-hydrogen) atoms. The number of anilines is 1. The third kappa shape index (κ3) is 3.55. The van der Waals surface area contributed by atoms with Crippen LogP contribution in [0.3, 0.4) is 0 Å². The van der Waals surface area contributed by atoms with Crippen LogP contribution in [0.4, 0.5) is 5.69 Å². The molecule has 1 aromatic carbocycles. The van der Waals surface area contributed by atoms with Crippen LogP contribution in [0, 0.1) is 5.92 Å². The number of Topliss-reactive ketones (excluding diaryl/α,β-unsaturated/α-hetero) is 1. The summed E-state index contributed by atoms with van der Waals surface area (Å²) < 4.78 is 0. The number of ketones is 1. The van der Waals surface area contributed by atoms with Crippen molar-refractivity contribution in [3.63, 3.8) is 0 Å². The van der Waals surface area contributed by atoms with Gasteiger partial charge < -0.3 is 10.6 Å². The number of rotatable bonds is 3. The van der Waals surface area contributed by atoms with Crippen molar-refractivity contribution in [2.75, 3.05) is 18.4 Å². The fourth-order valence-electron chi connectivity index (χ4n) is 1.94. The van der Waals surface area contributed by atoms with Gasteiger partial charge in [0, 0.05) is 17.8 Å². The molecule has 0 bridgehead atoms. The predicted molar refractivity (Wildman–Crippen MR) is 73.3 cm³/mol. The lowest BCUT2D eigenvalue weighted by Crippen LogP contribution is -2.24. The minimum atomic E-state index is 0. The third-order valence-electron chi connectivity index (χ3n) is 2.97. The molecule has 0 aromatic heterocycles. The first-order valence-corrected chi connectivity index (χ1v) is 5.79. The highest BCUT2D eigenvalue weighted by molar-refractivity contribution is 5.97. The van der Waals surface area contributed by atoms with Gasteiger partial charge in [-0.05, 0) is 32.0 Å². The molecule has 1 aliphatic heterocycles. The molecule has 0 aliphatic carbocycles. The lowest BCUT2D eigenvalue weighted by atomic mass is 10.1. The van der Waals surface area contributed by atoms with E-state index in [0.717, 1.165) is 19.5 Å². The Hall–Kier alpha value is -1.39. The van der Waals surface area contributed by atoms with Gasteiger partial charge >= 0.3 is 0 Å². The Balaban J connectivity index is 0.00000162. The van der Waals surface area contributed by atoms with E-state index < -0.39 is 0 Å². The second kappa shape index (κ2) is 6.52. The highest BCUT2D eigenvalue weighted by Gasteiger charge is 2.22. The minimum absolute atomic E-state index is 0. The highest BCUT2D eigenvalue weighted by Crippen LogP contribution is 2.15. The van der Waals surface area contributed by atoms with Gasteiger partial charge in [0.15, 0.2) is 5.78 Å². The standard InChI is InChI=1S/C13H16N2O2.ClH/c1-9(16)10-3-2-4-12(7-10)15-13(17)11-5-6-14-8-11;/h2-4,7,11,14H,5-6,8H2,1H3,(H,15,17);1H. The Morgan fingerprint density at radius 1 is 1.39 bits per heavy atom. The average Bonchev–Trinajstić information content (AvgIpc) is 2.82. The number of carbonyl (C=O) groups is 2. The second-order valence-electron chi connectivity index (χ2n) is 4.32. The zero-order valence-electron chi connectivity index (χ0n) is 10.2. The van der Waals surface area contributed by atoms with Crippen molar-refractivity contribution in [2.24, 2.45) is 5.92 Å². The van der Waals surface area contributed by atoms with Gasteiger partial charge in [0.25, 0.3) is 0 Å². The van der Waals surface area contributed by atoms with E-state index in [1.165, 1.54) is 6.92 Å². The van der Waals surface area contributed by atoms with E-state index >= 15 is 0 Å². The Bertz CT molecular complexity index is 442. The first-order chi connectivity index (χ1) is 8.16. The molecule has 0 radical (unpaired) electrons. The van der Waals surface area contributed by atoms with Gasteiger partial charge in [-0.15, -0.1) is 12.4 Å². The average molecular weight is 269 g/mol. The van der Waals surface area contributed by atoms with Crippen LogP contribution in [-0.2, 0) is 4.79 Å². The van der Waals surface area contributed by atoms with Crippen molar-refractivity contribution in [2.45, 2.75) is 13.3 Å². The molecule has 2 rings (SSSR count). The van der Waals surface area contributed by atoms with Crippen molar-refractivity contribution < 1.29 is 9.59 Å². The Morgan fingerprint density at radius 3 is 2.78 bits per heavy atom. The molecule has 1 amide bonds.